The molecule has 0 aliphatic carbocycles. The van der Waals surface area contributed by atoms with Crippen molar-refractivity contribution in [3.05, 3.63) is 111 Å². The summed E-state index contributed by atoms with van der Waals surface area (Å²) < 4.78 is 57.6. The molecular weight excluding hydrogens is 690 g/mol. The third-order valence-corrected chi connectivity index (χ3v) is 8.37. The normalized spacial score (nSPS) is 11.5. The van der Waals surface area contributed by atoms with Crippen molar-refractivity contribution in [3.8, 4) is 0 Å². The van der Waals surface area contributed by atoms with Crippen molar-refractivity contribution >= 4 is 54.5 Å². The number of fused-ring (bicyclic) bond motifs is 1. The maximum Gasteiger partial charge on any atom is 0.416 e. The van der Waals surface area contributed by atoms with Crippen molar-refractivity contribution in [1.82, 2.24) is 19.9 Å². The van der Waals surface area contributed by atoms with E-state index in [1.807, 2.05) is 13.8 Å². The van der Waals surface area contributed by atoms with Crippen LogP contribution in [0.5, 0.6) is 0 Å². The largest absolute Gasteiger partial charge is 0.416 e. The zero-order valence-corrected chi connectivity index (χ0v) is 28.5. The van der Waals surface area contributed by atoms with E-state index in [0.717, 1.165) is 23.8 Å². The Labute approximate surface area is 291 Å². The van der Waals surface area contributed by atoms with Gasteiger partial charge in [0.15, 0.2) is 16.9 Å². The van der Waals surface area contributed by atoms with Gasteiger partial charge in [-0.2, -0.15) is 18.2 Å². The molecule has 266 valence electrons. The number of ketones is 1. The molecule has 0 unspecified atom stereocenters. The summed E-state index contributed by atoms with van der Waals surface area (Å²) in [7, 11) is -1.50. The first-order valence-corrected chi connectivity index (χ1v) is 16.7. The first-order valence-electron chi connectivity index (χ1n) is 15.6. The highest BCUT2D eigenvalue weighted by atomic mass is 31.2. The van der Waals surface area contributed by atoms with Crippen LogP contribution in [0.2, 0.25) is 0 Å². The first-order chi connectivity index (χ1) is 24.4. The summed E-state index contributed by atoms with van der Waals surface area (Å²) >= 11 is 0. The molecule has 0 radical (unpaired) electrons. The fraction of sp³-hybridized carbons (Fsp3) is 0.235. The second kappa shape index (κ2) is 16.6. The third-order valence-electron chi connectivity index (χ3n) is 7.09. The molecule has 2 heterocycles. The maximum atomic E-state index is 13.7. The minimum Gasteiger partial charge on any atom is -0.379 e. The lowest BCUT2D eigenvalue weighted by Crippen LogP contribution is -2.18. The third kappa shape index (κ3) is 9.92. The molecule has 4 N–H and O–H groups in total. The Balaban J connectivity index is 1.32. The number of aromatic amines is 1. The molecule has 0 aliphatic rings. The van der Waals surface area contributed by atoms with Crippen LogP contribution in [0.4, 0.5) is 36.2 Å². The number of nitrogens with one attached hydrogen (secondary N) is 4. The second-order valence-corrected chi connectivity index (χ2v) is 12.0. The minimum absolute atomic E-state index is 0.0605. The highest BCUT2D eigenvalue weighted by molar-refractivity contribution is 7.41. The molecule has 0 spiro atoms. The van der Waals surface area contributed by atoms with Crippen LogP contribution in [0, 0.1) is 0 Å². The topological polar surface area (TPSA) is 169 Å². The number of hydrogen-bond donors (Lipinski definition) is 4. The number of rotatable bonds is 15. The van der Waals surface area contributed by atoms with E-state index in [4.69, 9.17) is 13.6 Å². The SMILES string of the molecule is CCOP(OCC)OCc1ccc(NC(=O)c2ccc(C(F)(F)F)cc2Nc2nc3ncc(CNc4ccc(C(C)=O)cc4)nc3c(=O)[nH]2)cc1. The molecule has 5 rings (SSSR count). The zero-order chi connectivity index (χ0) is 36.5. The number of H-pyrrole nitrogens is 1. The lowest BCUT2D eigenvalue weighted by Gasteiger charge is -2.16. The molecule has 17 heteroatoms. The number of nitrogens with zero attached hydrogens (tertiary/aromatic N) is 3. The van der Waals surface area contributed by atoms with Crippen LogP contribution < -0.4 is 21.5 Å². The van der Waals surface area contributed by atoms with Gasteiger partial charge in [-0.05, 0) is 80.9 Å². The second-order valence-electron chi connectivity index (χ2n) is 10.8. The molecule has 1 amide bonds. The summed E-state index contributed by atoms with van der Waals surface area (Å²) in [6.07, 6.45) is -3.32. The Kier molecular flexibility index (Phi) is 12.1. The molecular formula is C34H33F3N7O6P. The summed E-state index contributed by atoms with van der Waals surface area (Å²) in [5.41, 5.74) is 0.501. The number of carbonyl (C=O) groups excluding carboxylic acids is 2. The van der Waals surface area contributed by atoms with Gasteiger partial charge in [0, 0.05) is 16.9 Å². The molecule has 51 heavy (non-hydrogen) atoms. The molecule has 2 aromatic heterocycles. The van der Waals surface area contributed by atoms with E-state index < -0.39 is 31.8 Å². The van der Waals surface area contributed by atoms with Crippen molar-refractivity contribution < 1.29 is 36.3 Å². The molecule has 3 aromatic carbocycles. The van der Waals surface area contributed by atoms with E-state index in [0.29, 0.717) is 35.8 Å². The van der Waals surface area contributed by atoms with Gasteiger partial charge in [-0.1, -0.05) is 12.1 Å². The van der Waals surface area contributed by atoms with Gasteiger partial charge in [0.05, 0.1) is 55.1 Å². The van der Waals surface area contributed by atoms with Gasteiger partial charge in [-0.25, -0.2) is 9.97 Å². The van der Waals surface area contributed by atoms with Gasteiger partial charge in [-0.3, -0.25) is 19.4 Å². The number of alkyl halides is 3. The van der Waals surface area contributed by atoms with Crippen LogP contribution in [-0.2, 0) is 32.9 Å². The number of benzene rings is 3. The first kappa shape index (κ1) is 37.0. The summed E-state index contributed by atoms with van der Waals surface area (Å²) in [5.74, 6) is -1.04. The van der Waals surface area contributed by atoms with Gasteiger partial charge in [0.1, 0.15) is 0 Å². The Morgan fingerprint density at radius 3 is 2.24 bits per heavy atom. The lowest BCUT2D eigenvalue weighted by molar-refractivity contribution is -0.137. The van der Waals surface area contributed by atoms with Crippen molar-refractivity contribution in [1.29, 1.82) is 0 Å². The number of Topliss-reactive ketones (excluding diaryl/α,β-unsaturated/α-hetero) is 1. The fourth-order valence-electron chi connectivity index (χ4n) is 4.60. The van der Waals surface area contributed by atoms with Crippen LogP contribution in [0.25, 0.3) is 11.2 Å². The lowest BCUT2D eigenvalue weighted by atomic mass is 10.1. The summed E-state index contributed by atoms with van der Waals surface area (Å²) in [6.45, 7) is 6.39. The van der Waals surface area contributed by atoms with Crippen LogP contribution in [-0.4, -0.2) is 44.8 Å². The van der Waals surface area contributed by atoms with Crippen LogP contribution in [0.1, 0.15) is 58.3 Å². The number of aromatic nitrogens is 4. The number of amides is 1. The summed E-state index contributed by atoms with van der Waals surface area (Å²) in [5, 5.41) is 8.44. The number of hydrogen-bond acceptors (Lipinski definition) is 11. The molecule has 5 aromatic rings. The molecule has 13 nitrogen and oxygen atoms in total. The van der Waals surface area contributed by atoms with Crippen LogP contribution in [0.3, 0.4) is 0 Å². The maximum absolute atomic E-state index is 13.7. The fourth-order valence-corrected chi connectivity index (χ4v) is 5.50. The van der Waals surface area contributed by atoms with E-state index in [1.54, 1.807) is 48.5 Å². The average Bonchev–Trinajstić information content (AvgIpc) is 3.10. The molecule has 0 saturated carbocycles. The number of anilines is 4. The Morgan fingerprint density at radius 2 is 1.59 bits per heavy atom. The van der Waals surface area contributed by atoms with Crippen molar-refractivity contribution in [2.75, 3.05) is 29.2 Å². The van der Waals surface area contributed by atoms with Crippen molar-refractivity contribution in [3.63, 3.8) is 0 Å². The quantitative estimate of drug-likeness (QED) is 0.0629. The molecule has 0 fully saturated rings. The van der Waals surface area contributed by atoms with E-state index in [9.17, 15) is 27.6 Å². The average molecular weight is 724 g/mol. The Bertz CT molecular complexity index is 2060. The van der Waals surface area contributed by atoms with Crippen molar-refractivity contribution in [2.24, 2.45) is 0 Å². The minimum atomic E-state index is -4.72. The molecule has 0 aliphatic heterocycles. The highest BCUT2D eigenvalue weighted by Crippen LogP contribution is 2.40. The van der Waals surface area contributed by atoms with E-state index in [1.165, 1.54) is 13.1 Å². The van der Waals surface area contributed by atoms with E-state index in [-0.39, 0.29) is 47.3 Å². The predicted octanol–water partition coefficient (Wildman–Crippen LogP) is 7.36. The Hall–Kier alpha value is -5.28. The van der Waals surface area contributed by atoms with Gasteiger partial charge in [0.25, 0.3) is 11.5 Å². The standard InChI is InChI=1S/C34H33F3N7O6P/c1-4-48-51(49-5-2)50-19-21-6-11-25(12-7-21)41-31(46)27-15-10-23(34(35,36)37)16-28(27)42-33-43-30-29(32(47)44-33)40-26(18-39-30)17-38-24-13-8-22(9-14-24)20(3)45/h6-16,18,38H,4-5,17,19H2,1-3H3,(H,41,46)(H2,39,42,43,44,47). The van der Waals surface area contributed by atoms with Crippen LogP contribution >= 0.6 is 8.60 Å². The summed E-state index contributed by atoms with van der Waals surface area (Å²) in [4.78, 5) is 53.1. The number of carbonyl (C=O) groups is 2. The van der Waals surface area contributed by atoms with Gasteiger partial charge < -0.3 is 29.5 Å². The summed E-state index contributed by atoms with van der Waals surface area (Å²) in [6, 6.07) is 16.0. The van der Waals surface area contributed by atoms with Gasteiger partial charge >= 0.3 is 14.8 Å². The monoisotopic (exact) mass is 723 g/mol. The predicted molar refractivity (Wildman–Crippen MR) is 186 cm³/mol. The van der Waals surface area contributed by atoms with Gasteiger partial charge in [0.2, 0.25) is 5.95 Å². The van der Waals surface area contributed by atoms with Crippen LogP contribution in [0.15, 0.2) is 77.7 Å². The van der Waals surface area contributed by atoms with E-state index >= 15 is 0 Å². The zero-order valence-electron chi connectivity index (χ0n) is 27.6. The molecule has 0 bridgehead atoms. The van der Waals surface area contributed by atoms with Crippen molar-refractivity contribution in [2.45, 2.75) is 40.1 Å². The van der Waals surface area contributed by atoms with E-state index in [2.05, 4.69) is 35.9 Å². The highest BCUT2D eigenvalue weighted by Gasteiger charge is 2.32. The smallest absolute Gasteiger partial charge is 0.379 e. The molecule has 0 saturated heterocycles. The Morgan fingerprint density at radius 1 is 0.902 bits per heavy atom. The number of halogens is 3. The van der Waals surface area contributed by atoms with Gasteiger partial charge in [-0.15, -0.1) is 0 Å². The molecule has 0 atom stereocenters.